The smallest absolute Gasteiger partial charge is 0.404 e. The predicted octanol–water partition coefficient (Wildman–Crippen LogP) is 4.89. The van der Waals surface area contributed by atoms with Crippen LogP contribution in [0.15, 0.2) is 91.0 Å². The molecule has 128 valence electrons. The minimum atomic E-state index is -3.71. The summed E-state index contributed by atoms with van der Waals surface area (Å²) in [5.74, 6) is 0.909. The lowest BCUT2D eigenvalue weighted by Crippen LogP contribution is -2.34. The highest BCUT2D eigenvalue weighted by Gasteiger charge is 2.30. The first-order valence-electron chi connectivity index (χ1n) is 7.81. The zero-order chi connectivity index (χ0) is 17.5. The second-order valence-corrected chi connectivity index (χ2v) is 6.86. The molecule has 25 heavy (non-hydrogen) atoms. The Morgan fingerprint density at radius 2 is 1.12 bits per heavy atom. The highest BCUT2D eigenvalue weighted by Crippen LogP contribution is 2.45. The molecule has 3 aromatic carbocycles. The summed E-state index contributed by atoms with van der Waals surface area (Å²) in [5.41, 5.74) is 0.830. The number of nitrogens with one attached hydrogen (secondary N) is 1. The van der Waals surface area contributed by atoms with Crippen LogP contribution < -0.4 is 19.3 Å². The Kier molecular flexibility index (Phi) is 5.39. The zero-order valence-corrected chi connectivity index (χ0v) is 14.7. The van der Waals surface area contributed by atoms with Crippen LogP contribution >= 0.6 is 7.75 Å². The van der Waals surface area contributed by atoms with Crippen molar-refractivity contribution in [2.75, 3.05) is 12.1 Å². The van der Waals surface area contributed by atoms with Crippen LogP contribution in [0.4, 0.5) is 5.69 Å². The van der Waals surface area contributed by atoms with Gasteiger partial charge in [0, 0.05) is 7.05 Å². The summed E-state index contributed by atoms with van der Waals surface area (Å²) < 4.78 is 24.7. The Balaban J connectivity index is 1.84. The molecule has 6 heteroatoms. The minimum Gasteiger partial charge on any atom is -0.404 e. The average molecular weight is 354 g/mol. The van der Waals surface area contributed by atoms with E-state index in [4.69, 9.17) is 9.05 Å². The van der Waals surface area contributed by atoms with Gasteiger partial charge in [-0.15, -0.1) is 5.20 Å². The van der Waals surface area contributed by atoms with Crippen molar-refractivity contribution in [3.63, 3.8) is 0 Å². The monoisotopic (exact) mass is 354 g/mol. The molecule has 0 saturated carbocycles. The van der Waals surface area contributed by atoms with Crippen molar-refractivity contribution in [1.29, 1.82) is 0 Å². The van der Waals surface area contributed by atoms with Crippen molar-refractivity contribution in [2.24, 2.45) is 0 Å². The van der Waals surface area contributed by atoms with Crippen LogP contribution in [0.2, 0.25) is 0 Å². The summed E-state index contributed by atoms with van der Waals surface area (Å²) in [6.45, 7) is 0. The second kappa shape index (κ2) is 7.88. The molecule has 0 bridgehead atoms. The number of hydrazine groups is 1. The highest BCUT2D eigenvalue weighted by atomic mass is 31.2. The van der Waals surface area contributed by atoms with Gasteiger partial charge < -0.3 is 14.1 Å². The molecule has 0 fully saturated rings. The Morgan fingerprint density at radius 1 is 0.720 bits per heavy atom. The zero-order valence-electron chi connectivity index (χ0n) is 13.8. The van der Waals surface area contributed by atoms with Gasteiger partial charge in [-0.3, -0.25) is 0 Å². The molecule has 5 nitrogen and oxygen atoms in total. The molecule has 3 aromatic rings. The van der Waals surface area contributed by atoms with Gasteiger partial charge in [-0.05, 0) is 36.4 Å². The fraction of sp³-hybridized carbons (Fsp3) is 0.0526. The third kappa shape index (κ3) is 4.86. The van der Waals surface area contributed by atoms with Crippen LogP contribution in [0.25, 0.3) is 0 Å². The minimum absolute atomic E-state index is 0.454. The average Bonchev–Trinajstić information content (AvgIpc) is 2.64. The molecule has 0 aliphatic rings. The van der Waals surface area contributed by atoms with Crippen LogP contribution in [0, 0.1) is 0 Å². The van der Waals surface area contributed by atoms with Crippen molar-refractivity contribution in [3.8, 4) is 11.5 Å². The van der Waals surface area contributed by atoms with E-state index in [0.29, 0.717) is 11.5 Å². The van der Waals surface area contributed by atoms with Crippen molar-refractivity contribution >= 4 is 13.4 Å². The topological polar surface area (TPSA) is 50.8 Å². The van der Waals surface area contributed by atoms with E-state index in [2.05, 4.69) is 5.20 Å². The van der Waals surface area contributed by atoms with Crippen LogP contribution in [0.5, 0.6) is 11.5 Å². The quantitative estimate of drug-likeness (QED) is 0.483. The van der Waals surface area contributed by atoms with E-state index in [1.165, 1.54) is 0 Å². The number of para-hydroxylation sites is 3. The van der Waals surface area contributed by atoms with Gasteiger partial charge in [-0.25, -0.2) is 4.57 Å². The Hall–Kier alpha value is -2.75. The van der Waals surface area contributed by atoms with Crippen molar-refractivity contribution in [3.05, 3.63) is 91.0 Å². The molecular weight excluding hydrogens is 335 g/mol. The van der Waals surface area contributed by atoms with Gasteiger partial charge in [0.05, 0.1) is 5.69 Å². The standard InChI is InChI=1S/C19H19N2O3P/c1-21(17-11-5-2-6-12-17)20-25(22,23-18-13-7-3-8-14-18)24-19-15-9-4-10-16-19/h2-16H,1H3,(H,20,22). The van der Waals surface area contributed by atoms with E-state index >= 15 is 0 Å². The van der Waals surface area contributed by atoms with E-state index in [0.717, 1.165) is 5.69 Å². The molecule has 0 radical (unpaired) electrons. The summed E-state index contributed by atoms with van der Waals surface area (Å²) in [5, 5.41) is 4.47. The Labute approximate surface area is 147 Å². The number of hydrogen-bond donors (Lipinski definition) is 1. The summed E-state index contributed by atoms with van der Waals surface area (Å²) in [6, 6.07) is 27.4. The van der Waals surface area contributed by atoms with Crippen LogP contribution in [-0.4, -0.2) is 7.05 Å². The number of rotatable bonds is 7. The molecule has 3 rings (SSSR count). The maximum absolute atomic E-state index is 13.3. The molecule has 0 unspecified atom stereocenters. The first kappa shape index (κ1) is 17.1. The molecule has 0 aliphatic carbocycles. The van der Waals surface area contributed by atoms with E-state index in [1.807, 2.05) is 66.7 Å². The summed E-state index contributed by atoms with van der Waals surface area (Å²) in [4.78, 5) is 0. The third-order valence-electron chi connectivity index (χ3n) is 3.35. The molecule has 0 saturated heterocycles. The Morgan fingerprint density at radius 3 is 1.56 bits per heavy atom. The van der Waals surface area contributed by atoms with Gasteiger partial charge in [-0.2, -0.15) is 0 Å². The molecule has 0 aromatic heterocycles. The Bertz CT molecular complexity index is 784. The number of benzene rings is 3. The van der Waals surface area contributed by atoms with Crippen LogP contribution in [0.1, 0.15) is 0 Å². The lowest BCUT2D eigenvalue weighted by molar-refractivity contribution is 0.370. The van der Waals surface area contributed by atoms with Gasteiger partial charge in [0.15, 0.2) is 0 Å². The van der Waals surface area contributed by atoms with E-state index in [9.17, 15) is 4.57 Å². The highest BCUT2D eigenvalue weighted by molar-refractivity contribution is 7.52. The second-order valence-electron chi connectivity index (χ2n) is 5.30. The number of nitrogens with zero attached hydrogens (tertiary/aromatic N) is 1. The van der Waals surface area contributed by atoms with Gasteiger partial charge in [0.2, 0.25) is 0 Å². The lowest BCUT2D eigenvalue weighted by Gasteiger charge is -2.26. The number of hydrogen-bond acceptors (Lipinski definition) is 4. The summed E-state index contributed by atoms with van der Waals surface area (Å²) >= 11 is 0. The van der Waals surface area contributed by atoms with Gasteiger partial charge in [-0.1, -0.05) is 54.6 Å². The van der Waals surface area contributed by atoms with E-state index in [1.54, 1.807) is 36.3 Å². The molecule has 0 atom stereocenters. The van der Waals surface area contributed by atoms with Gasteiger partial charge in [0.25, 0.3) is 0 Å². The van der Waals surface area contributed by atoms with Crippen LogP contribution in [0.3, 0.4) is 0 Å². The fourth-order valence-corrected chi connectivity index (χ4v) is 3.59. The largest absolute Gasteiger partial charge is 0.530 e. The summed E-state index contributed by atoms with van der Waals surface area (Å²) in [7, 11) is -1.95. The molecule has 0 amide bonds. The molecule has 0 spiro atoms. The van der Waals surface area contributed by atoms with Crippen molar-refractivity contribution in [1.82, 2.24) is 5.20 Å². The normalized spacial score (nSPS) is 10.9. The summed E-state index contributed by atoms with van der Waals surface area (Å²) in [6.07, 6.45) is 0. The first-order chi connectivity index (χ1) is 12.1. The van der Waals surface area contributed by atoms with E-state index in [-0.39, 0.29) is 0 Å². The first-order valence-corrected chi connectivity index (χ1v) is 9.35. The predicted molar refractivity (Wildman–Crippen MR) is 99.7 cm³/mol. The molecule has 0 heterocycles. The maximum atomic E-state index is 13.3. The lowest BCUT2D eigenvalue weighted by atomic mass is 10.3. The van der Waals surface area contributed by atoms with Gasteiger partial charge >= 0.3 is 7.75 Å². The van der Waals surface area contributed by atoms with E-state index < -0.39 is 7.75 Å². The molecule has 0 aliphatic heterocycles. The third-order valence-corrected chi connectivity index (χ3v) is 4.80. The van der Waals surface area contributed by atoms with Crippen LogP contribution in [-0.2, 0) is 4.57 Å². The molecular formula is C19H19N2O3P. The van der Waals surface area contributed by atoms with Crippen molar-refractivity contribution < 1.29 is 13.6 Å². The fourth-order valence-electron chi connectivity index (χ4n) is 2.19. The number of anilines is 1. The maximum Gasteiger partial charge on any atom is 0.530 e. The SMILES string of the molecule is CN(NP(=O)(Oc1ccccc1)Oc1ccccc1)c1ccccc1. The van der Waals surface area contributed by atoms with Gasteiger partial charge in [0.1, 0.15) is 11.5 Å². The molecule has 1 N–H and O–H groups in total. The van der Waals surface area contributed by atoms with Crippen molar-refractivity contribution in [2.45, 2.75) is 0 Å².